The monoisotopic (exact) mass is 206 g/mol. The lowest BCUT2D eigenvalue weighted by Crippen LogP contribution is -1.96. The van der Waals surface area contributed by atoms with Crippen LogP contribution in [0.4, 0.5) is 0 Å². The van der Waals surface area contributed by atoms with Gasteiger partial charge in [0, 0.05) is 18.8 Å². The number of hydrogen-bond donors (Lipinski definition) is 1. The molecule has 78 valence electrons. The van der Waals surface area contributed by atoms with Crippen LogP contribution in [0.5, 0.6) is 11.9 Å². The van der Waals surface area contributed by atoms with E-state index in [9.17, 15) is 0 Å². The normalized spacial score (nSPS) is 10.3. The summed E-state index contributed by atoms with van der Waals surface area (Å²) in [6, 6.07) is 3.67. The Morgan fingerprint density at radius 1 is 1.47 bits per heavy atom. The van der Waals surface area contributed by atoms with Crippen LogP contribution < -0.4 is 4.74 Å². The quantitative estimate of drug-likeness (QED) is 0.791. The van der Waals surface area contributed by atoms with Crippen molar-refractivity contribution in [3.8, 4) is 11.9 Å². The van der Waals surface area contributed by atoms with Gasteiger partial charge in [0.2, 0.25) is 5.88 Å². The van der Waals surface area contributed by atoms with Gasteiger partial charge in [-0.2, -0.15) is 4.98 Å². The van der Waals surface area contributed by atoms with Crippen LogP contribution in [0.15, 0.2) is 24.7 Å². The average molecular weight is 206 g/mol. The fraction of sp³-hybridized carbons (Fsp3) is 0.222. The van der Waals surface area contributed by atoms with Crippen molar-refractivity contribution in [3.63, 3.8) is 0 Å². The van der Waals surface area contributed by atoms with Crippen LogP contribution in [0, 0.1) is 0 Å². The maximum Gasteiger partial charge on any atom is 0.342 e. The minimum atomic E-state index is -0.129. The summed E-state index contributed by atoms with van der Waals surface area (Å²) in [5.74, 6) is 0.325. The lowest BCUT2D eigenvalue weighted by molar-refractivity contribution is 0.273. The van der Waals surface area contributed by atoms with Gasteiger partial charge in [-0.15, -0.1) is 5.10 Å². The van der Waals surface area contributed by atoms with Gasteiger partial charge in [0.25, 0.3) is 0 Å². The van der Waals surface area contributed by atoms with E-state index in [0.29, 0.717) is 11.4 Å². The maximum atomic E-state index is 9.04. The molecular formula is C9H10N4O2. The number of aryl methyl sites for hydroxylation is 1. The van der Waals surface area contributed by atoms with E-state index in [0.717, 1.165) is 0 Å². The van der Waals surface area contributed by atoms with Crippen molar-refractivity contribution in [1.29, 1.82) is 0 Å². The molecule has 2 aromatic heterocycles. The Bertz CT molecular complexity index is 455. The summed E-state index contributed by atoms with van der Waals surface area (Å²) < 4.78 is 6.83. The van der Waals surface area contributed by atoms with E-state index in [1.165, 1.54) is 11.0 Å². The zero-order valence-electron chi connectivity index (χ0n) is 8.16. The second-order valence-corrected chi connectivity index (χ2v) is 2.93. The van der Waals surface area contributed by atoms with Crippen molar-refractivity contribution in [2.75, 3.05) is 0 Å². The second-order valence-electron chi connectivity index (χ2n) is 2.93. The summed E-state index contributed by atoms with van der Waals surface area (Å²) in [7, 11) is 1.74. The van der Waals surface area contributed by atoms with Gasteiger partial charge in [-0.1, -0.05) is 0 Å². The van der Waals surface area contributed by atoms with Crippen LogP contribution in [0.2, 0.25) is 0 Å². The van der Waals surface area contributed by atoms with E-state index >= 15 is 0 Å². The molecule has 6 nitrogen and oxygen atoms in total. The number of rotatable bonds is 3. The summed E-state index contributed by atoms with van der Waals surface area (Å²) in [4.78, 5) is 7.88. The third kappa shape index (κ3) is 2.10. The first-order valence-corrected chi connectivity index (χ1v) is 4.38. The van der Waals surface area contributed by atoms with Gasteiger partial charge in [-0.05, 0) is 12.1 Å². The number of aliphatic hydroxyl groups excluding tert-OH is 1. The highest BCUT2D eigenvalue weighted by molar-refractivity contribution is 5.26. The molecular weight excluding hydrogens is 196 g/mol. The molecule has 0 saturated carbocycles. The first-order chi connectivity index (χ1) is 7.29. The predicted octanol–water partition coefficient (Wildman–Crippen LogP) is 0.495. The van der Waals surface area contributed by atoms with Gasteiger partial charge in [-0.3, -0.25) is 4.68 Å². The summed E-state index contributed by atoms with van der Waals surface area (Å²) in [6.45, 7) is -0.129. The zero-order chi connectivity index (χ0) is 10.7. The first-order valence-electron chi connectivity index (χ1n) is 4.38. The van der Waals surface area contributed by atoms with Gasteiger partial charge in [-0.25, -0.2) is 4.98 Å². The molecule has 1 N–H and O–H groups in total. The highest BCUT2D eigenvalue weighted by Crippen LogP contribution is 2.18. The number of ether oxygens (including phenoxy) is 1. The van der Waals surface area contributed by atoms with Crippen molar-refractivity contribution in [3.05, 3.63) is 30.2 Å². The number of nitrogens with zero attached hydrogens (tertiary/aromatic N) is 4. The molecule has 0 spiro atoms. The Hall–Kier alpha value is -1.95. The van der Waals surface area contributed by atoms with E-state index in [4.69, 9.17) is 9.84 Å². The van der Waals surface area contributed by atoms with Crippen LogP contribution in [0.1, 0.15) is 5.56 Å². The predicted molar refractivity (Wildman–Crippen MR) is 51.2 cm³/mol. The van der Waals surface area contributed by atoms with Crippen molar-refractivity contribution < 1.29 is 9.84 Å². The van der Waals surface area contributed by atoms with Crippen LogP contribution >= 0.6 is 0 Å². The van der Waals surface area contributed by atoms with Crippen molar-refractivity contribution in [2.45, 2.75) is 6.61 Å². The Morgan fingerprint density at radius 3 is 3.00 bits per heavy atom. The number of aromatic nitrogens is 4. The van der Waals surface area contributed by atoms with Crippen molar-refractivity contribution >= 4 is 0 Å². The molecule has 0 bridgehead atoms. The molecule has 2 heterocycles. The molecule has 2 rings (SSSR count). The average Bonchev–Trinajstić information content (AvgIpc) is 2.65. The third-order valence-electron chi connectivity index (χ3n) is 1.79. The van der Waals surface area contributed by atoms with E-state index in [-0.39, 0.29) is 12.6 Å². The molecule has 0 radical (unpaired) electrons. The van der Waals surface area contributed by atoms with Crippen LogP contribution in [0.3, 0.4) is 0 Å². The minimum absolute atomic E-state index is 0.129. The molecule has 2 aromatic rings. The van der Waals surface area contributed by atoms with E-state index in [1.807, 2.05) is 0 Å². The smallest absolute Gasteiger partial charge is 0.342 e. The third-order valence-corrected chi connectivity index (χ3v) is 1.79. The van der Waals surface area contributed by atoms with Gasteiger partial charge in [0.1, 0.15) is 6.33 Å². The molecule has 0 saturated heterocycles. The number of hydrogen-bond acceptors (Lipinski definition) is 5. The van der Waals surface area contributed by atoms with Crippen molar-refractivity contribution in [2.24, 2.45) is 7.05 Å². The summed E-state index contributed by atoms with van der Waals surface area (Å²) in [5.41, 5.74) is 0.602. The Kier molecular flexibility index (Phi) is 2.59. The summed E-state index contributed by atoms with van der Waals surface area (Å²) in [6.07, 6.45) is 3.11. The van der Waals surface area contributed by atoms with Gasteiger partial charge >= 0.3 is 6.01 Å². The molecule has 0 aliphatic rings. The van der Waals surface area contributed by atoms with Gasteiger partial charge in [0.05, 0.1) is 6.61 Å². The molecule has 0 unspecified atom stereocenters. The summed E-state index contributed by atoms with van der Waals surface area (Å²) in [5, 5.41) is 13.0. The van der Waals surface area contributed by atoms with Crippen LogP contribution in [-0.4, -0.2) is 24.9 Å². The molecule has 0 fully saturated rings. The minimum Gasteiger partial charge on any atom is -0.404 e. The fourth-order valence-electron chi connectivity index (χ4n) is 1.09. The topological polar surface area (TPSA) is 73.1 Å². The lowest BCUT2D eigenvalue weighted by atomic mass is 10.3. The SMILES string of the molecule is Cn1cnc(Oc2ncccc2CO)n1. The molecule has 0 aliphatic heterocycles. The second kappa shape index (κ2) is 4.05. The standard InChI is InChI=1S/C9H10N4O2/c1-13-6-11-9(12-13)15-8-7(5-14)3-2-4-10-8/h2-4,6,14H,5H2,1H3. The van der Waals surface area contributed by atoms with E-state index in [2.05, 4.69) is 15.1 Å². The molecule has 0 aliphatic carbocycles. The van der Waals surface area contributed by atoms with Crippen LogP contribution in [-0.2, 0) is 13.7 Å². The maximum absolute atomic E-state index is 9.04. The highest BCUT2D eigenvalue weighted by Gasteiger charge is 2.07. The van der Waals surface area contributed by atoms with Gasteiger partial charge < -0.3 is 9.84 Å². The largest absolute Gasteiger partial charge is 0.404 e. The molecule has 0 aromatic carbocycles. The molecule has 0 atom stereocenters. The van der Waals surface area contributed by atoms with Crippen molar-refractivity contribution in [1.82, 2.24) is 19.7 Å². The molecule has 0 amide bonds. The highest BCUT2D eigenvalue weighted by atomic mass is 16.5. The Balaban J connectivity index is 2.23. The Labute approximate surface area is 86.2 Å². The molecule has 15 heavy (non-hydrogen) atoms. The number of pyridine rings is 1. The van der Waals surface area contributed by atoms with E-state index < -0.39 is 0 Å². The fourth-order valence-corrected chi connectivity index (χ4v) is 1.09. The zero-order valence-corrected chi connectivity index (χ0v) is 8.16. The lowest BCUT2D eigenvalue weighted by Gasteiger charge is -2.03. The van der Waals surface area contributed by atoms with Crippen LogP contribution in [0.25, 0.3) is 0 Å². The molecule has 6 heteroatoms. The van der Waals surface area contributed by atoms with Gasteiger partial charge in [0.15, 0.2) is 0 Å². The Morgan fingerprint density at radius 2 is 2.33 bits per heavy atom. The van der Waals surface area contributed by atoms with E-state index in [1.54, 1.807) is 25.4 Å². The summed E-state index contributed by atoms with van der Waals surface area (Å²) >= 11 is 0. The first kappa shape index (κ1) is 9.60. The number of aliphatic hydroxyl groups is 1.